The fourth-order valence-electron chi connectivity index (χ4n) is 0.671. The minimum Gasteiger partial charge on any atom is -0.351 e. The third-order valence-electron chi connectivity index (χ3n) is 1.42. The SMILES string of the molecule is COC1(C)NC(=O)NC1=O. The van der Waals surface area contributed by atoms with Gasteiger partial charge in [0, 0.05) is 7.11 Å². The third-order valence-corrected chi connectivity index (χ3v) is 1.42. The van der Waals surface area contributed by atoms with Gasteiger partial charge in [0.1, 0.15) is 0 Å². The highest BCUT2D eigenvalue weighted by atomic mass is 16.5. The van der Waals surface area contributed by atoms with Gasteiger partial charge in [-0.1, -0.05) is 0 Å². The molecule has 1 unspecified atom stereocenters. The van der Waals surface area contributed by atoms with E-state index in [9.17, 15) is 9.59 Å². The Bertz CT molecular complexity index is 191. The van der Waals surface area contributed by atoms with Crippen molar-refractivity contribution in [3.63, 3.8) is 0 Å². The van der Waals surface area contributed by atoms with Crippen molar-refractivity contribution < 1.29 is 14.3 Å². The number of hydrogen-bond donors (Lipinski definition) is 2. The summed E-state index contributed by atoms with van der Waals surface area (Å²) >= 11 is 0. The molecule has 5 nitrogen and oxygen atoms in total. The van der Waals surface area contributed by atoms with E-state index in [0.717, 1.165) is 0 Å². The lowest BCUT2D eigenvalue weighted by atomic mass is 10.3. The second-order valence-electron chi connectivity index (χ2n) is 2.15. The summed E-state index contributed by atoms with van der Waals surface area (Å²) in [5.74, 6) is -0.458. The highest BCUT2D eigenvalue weighted by Crippen LogP contribution is 2.08. The molecule has 3 amide bonds. The number of imide groups is 1. The Morgan fingerprint density at radius 3 is 2.30 bits per heavy atom. The van der Waals surface area contributed by atoms with Gasteiger partial charge in [0.2, 0.25) is 5.72 Å². The average molecular weight is 144 g/mol. The summed E-state index contributed by atoms with van der Waals surface area (Å²) in [6.07, 6.45) is 0. The number of carbonyl (C=O) groups is 2. The van der Waals surface area contributed by atoms with Crippen LogP contribution in [0.15, 0.2) is 0 Å². The van der Waals surface area contributed by atoms with Crippen molar-refractivity contribution >= 4 is 11.9 Å². The fourth-order valence-corrected chi connectivity index (χ4v) is 0.671. The first kappa shape index (κ1) is 7.01. The molecule has 1 rings (SSSR count). The predicted molar refractivity (Wildman–Crippen MR) is 32.1 cm³/mol. The Morgan fingerprint density at radius 2 is 2.10 bits per heavy atom. The van der Waals surface area contributed by atoms with Gasteiger partial charge in [-0.15, -0.1) is 0 Å². The van der Waals surface area contributed by atoms with E-state index in [1.807, 2.05) is 5.32 Å². The van der Waals surface area contributed by atoms with Gasteiger partial charge in [-0.25, -0.2) is 4.79 Å². The molecule has 10 heavy (non-hydrogen) atoms. The van der Waals surface area contributed by atoms with E-state index in [-0.39, 0.29) is 0 Å². The van der Waals surface area contributed by atoms with Crippen LogP contribution in [0.3, 0.4) is 0 Å². The molecule has 0 aromatic rings. The molecule has 0 radical (unpaired) electrons. The van der Waals surface area contributed by atoms with E-state index < -0.39 is 17.7 Å². The van der Waals surface area contributed by atoms with Crippen molar-refractivity contribution in [2.24, 2.45) is 0 Å². The van der Waals surface area contributed by atoms with Crippen LogP contribution in [0.2, 0.25) is 0 Å². The summed E-state index contributed by atoms with van der Waals surface area (Å²) in [6.45, 7) is 1.48. The van der Waals surface area contributed by atoms with Gasteiger partial charge < -0.3 is 10.1 Å². The van der Waals surface area contributed by atoms with Crippen molar-refractivity contribution in [3.8, 4) is 0 Å². The van der Waals surface area contributed by atoms with Crippen LogP contribution in [-0.2, 0) is 9.53 Å². The van der Waals surface area contributed by atoms with E-state index in [1.165, 1.54) is 14.0 Å². The van der Waals surface area contributed by atoms with Gasteiger partial charge in [0.15, 0.2) is 0 Å². The number of methoxy groups -OCH3 is 1. The van der Waals surface area contributed by atoms with E-state index in [1.54, 1.807) is 0 Å². The molecule has 56 valence electrons. The standard InChI is InChI=1S/C5H8N2O3/c1-5(10-2)3(8)6-4(9)7-5/h1-2H3,(H2,6,7,8,9). The zero-order valence-corrected chi connectivity index (χ0v) is 5.72. The molecule has 1 heterocycles. The largest absolute Gasteiger partial charge is 0.351 e. The van der Waals surface area contributed by atoms with Crippen LogP contribution in [0.25, 0.3) is 0 Å². The van der Waals surface area contributed by atoms with Gasteiger partial charge in [-0.2, -0.15) is 0 Å². The zero-order valence-electron chi connectivity index (χ0n) is 5.72. The number of urea groups is 1. The first-order valence-corrected chi connectivity index (χ1v) is 2.77. The van der Waals surface area contributed by atoms with E-state index >= 15 is 0 Å². The van der Waals surface area contributed by atoms with Crippen molar-refractivity contribution in [1.82, 2.24) is 10.6 Å². The minimum atomic E-state index is -1.18. The monoisotopic (exact) mass is 144 g/mol. The first-order chi connectivity index (χ1) is 4.58. The van der Waals surface area contributed by atoms with Gasteiger partial charge in [0.05, 0.1) is 0 Å². The molecular formula is C5H8N2O3. The normalized spacial score (nSPS) is 31.8. The van der Waals surface area contributed by atoms with Gasteiger partial charge in [-0.05, 0) is 6.92 Å². The summed E-state index contributed by atoms with van der Waals surface area (Å²) < 4.78 is 4.74. The number of ether oxygens (including phenoxy) is 1. The molecule has 5 heteroatoms. The molecule has 0 bridgehead atoms. The minimum absolute atomic E-state index is 0.458. The Kier molecular flexibility index (Phi) is 1.37. The number of carbonyl (C=O) groups excluding carboxylic acids is 2. The van der Waals surface area contributed by atoms with Crippen LogP contribution in [-0.4, -0.2) is 24.8 Å². The summed E-state index contributed by atoms with van der Waals surface area (Å²) in [4.78, 5) is 21.3. The van der Waals surface area contributed by atoms with Crippen LogP contribution in [0.4, 0.5) is 4.79 Å². The number of nitrogens with one attached hydrogen (secondary N) is 2. The third kappa shape index (κ3) is 0.841. The summed E-state index contributed by atoms with van der Waals surface area (Å²) in [5, 5.41) is 4.35. The van der Waals surface area contributed by atoms with Crippen LogP contribution < -0.4 is 10.6 Å². The summed E-state index contributed by atoms with van der Waals surface area (Å²) in [5.41, 5.74) is -1.18. The Morgan fingerprint density at radius 1 is 1.50 bits per heavy atom. The average Bonchev–Trinajstić information content (AvgIpc) is 2.09. The molecule has 1 fully saturated rings. The van der Waals surface area contributed by atoms with Crippen molar-refractivity contribution in [1.29, 1.82) is 0 Å². The maximum absolute atomic E-state index is 10.8. The lowest BCUT2D eigenvalue weighted by molar-refractivity contribution is -0.138. The van der Waals surface area contributed by atoms with Crippen molar-refractivity contribution in [3.05, 3.63) is 0 Å². The molecule has 2 N–H and O–H groups in total. The van der Waals surface area contributed by atoms with E-state index in [4.69, 9.17) is 4.74 Å². The number of hydrogen-bond acceptors (Lipinski definition) is 3. The van der Waals surface area contributed by atoms with Crippen LogP contribution in [0, 0.1) is 0 Å². The molecule has 0 aromatic carbocycles. The topological polar surface area (TPSA) is 67.4 Å². The molecule has 0 aliphatic carbocycles. The molecule has 1 saturated heterocycles. The highest BCUT2D eigenvalue weighted by Gasteiger charge is 2.41. The fraction of sp³-hybridized carbons (Fsp3) is 0.600. The second-order valence-corrected chi connectivity index (χ2v) is 2.15. The maximum atomic E-state index is 10.8. The van der Waals surface area contributed by atoms with Crippen molar-refractivity contribution in [2.75, 3.05) is 7.11 Å². The van der Waals surface area contributed by atoms with Crippen LogP contribution >= 0.6 is 0 Å². The lowest BCUT2D eigenvalue weighted by Crippen LogP contribution is -2.45. The second kappa shape index (κ2) is 1.95. The van der Waals surface area contributed by atoms with Crippen LogP contribution in [0.5, 0.6) is 0 Å². The molecule has 0 spiro atoms. The first-order valence-electron chi connectivity index (χ1n) is 2.77. The van der Waals surface area contributed by atoms with Gasteiger partial charge in [-0.3, -0.25) is 10.1 Å². The molecule has 1 aliphatic heterocycles. The zero-order chi connectivity index (χ0) is 7.78. The van der Waals surface area contributed by atoms with Crippen LogP contribution in [0.1, 0.15) is 6.92 Å². The molecule has 0 saturated carbocycles. The molecule has 0 aromatic heterocycles. The molecular weight excluding hydrogens is 136 g/mol. The number of rotatable bonds is 1. The number of amides is 3. The Balaban J connectivity index is 2.80. The summed E-state index contributed by atoms with van der Waals surface area (Å²) in [7, 11) is 1.35. The highest BCUT2D eigenvalue weighted by molar-refractivity contribution is 6.05. The van der Waals surface area contributed by atoms with Gasteiger partial charge >= 0.3 is 6.03 Å². The quantitative estimate of drug-likeness (QED) is 0.473. The summed E-state index contributed by atoms with van der Waals surface area (Å²) in [6, 6.07) is -0.519. The van der Waals surface area contributed by atoms with E-state index in [2.05, 4.69) is 5.32 Å². The molecule has 1 aliphatic rings. The van der Waals surface area contributed by atoms with Gasteiger partial charge in [0.25, 0.3) is 5.91 Å². The maximum Gasteiger partial charge on any atom is 0.324 e. The Labute approximate surface area is 57.7 Å². The smallest absolute Gasteiger partial charge is 0.324 e. The predicted octanol–water partition coefficient (Wildman–Crippen LogP) is -0.812. The van der Waals surface area contributed by atoms with Crippen molar-refractivity contribution in [2.45, 2.75) is 12.6 Å². The Hall–Kier alpha value is -1.10. The lowest BCUT2D eigenvalue weighted by Gasteiger charge is -2.16. The van der Waals surface area contributed by atoms with E-state index in [0.29, 0.717) is 0 Å². The molecule has 1 atom stereocenters.